The Balaban J connectivity index is 1.43. The molecule has 4 aliphatic rings. The van der Waals surface area contributed by atoms with E-state index in [0.717, 1.165) is 37.4 Å². The molecule has 2 atom stereocenters. The predicted molar refractivity (Wildman–Crippen MR) is 99.3 cm³/mol. The van der Waals surface area contributed by atoms with Crippen LogP contribution in [0.3, 0.4) is 0 Å². The number of hydrogen-bond acceptors (Lipinski definition) is 4. The first-order valence-corrected chi connectivity index (χ1v) is 10.0. The summed E-state index contributed by atoms with van der Waals surface area (Å²) < 4.78 is 6.23. The third-order valence-electron chi connectivity index (χ3n) is 5.63. The highest BCUT2D eigenvalue weighted by Gasteiger charge is 2.41. The lowest BCUT2D eigenvalue weighted by Gasteiger charge is -2.48. The molecule has 1 aliphatic carbocycles. The zero-order chi connectivity index (χ0) is 16.3. The Morgan fingerprint density at radius 2 is 2.04 bits per heavy atom. The van der Waals surface area contributed by atoms with E-state index in [-0.39, 0.29) is 11.9 Å². The Kier molecular flexibility index (Phi) is 3.59. The standard InChI is InChI=1S/C18H20IN3O2/c19-16-14(10-6-8-22(16)9-7-10)20-17(23)12-2-1-3-13-15(12)21-18(24-13)11-4-5-11/h1-3,10-11,14,16H,4-9H2,(H,20,23). The van der Waals surface area contributed by atoms with E-state index in [0.29, 0.717) is 27.0 Å². The maximum absolute atomic E-state index is 12.9. The van der Waals surface area contributed by atoms with Gasteiger partial charge in [-0.3, -0.25) is 9.69 Å². The van der Waals surface area contributed by atoms with Gasteiger partial charge in [0.1, 0.15) is 5.52 Å². The molecule has 24 heavy (non-hydrogen) atoms. The van der Waals surface area contributed by atoms with E-state index in [9.17, 15) is 4.79 Å². The van der Waals surface area contributed by atoms with E-state index >= 15 is 0 Å². The van der Waals surface area contributed by atoms with Crippen molar-refractivity contribution in [3.63, 3.8) is 0 Å². The summed E-state index contributed by atoms with van der Waals surface area (Å²) in [5, 5.41) is 3.29. The molecule has 126 valence electrons. The largest absolute Gasteiger partial charge is 0.440 e. The van der Waals surface area contributed by atoms with Crippen molar-refractivity contribution >= 4 is 39.6 Å². The molecule has 0 spiro atoms. The number of amides is 1. The molecule has 6 heteroatoms. The van der Waals surface area contributed by atoms with Gasteiger partial charge in [-0.1, -0.05) is 28.7 Å². The topological polar surface area (TPSA) is 58.4 Å². The quantitative estimate of drug-likeness (QED) is 0.455. The third-order valence-corrected chi connectivity index (χ3v) is 7.19. The van der Waals surface area contributed by atoms with E-state index in [2.05, 4.69) is 37.8 Å². The first-order chi connectivity index (χ1) is 11.7. The Morgan fingerprint density at radius 3 is 2.75 bits per heavy atom. The maximum atomic E-state index is 12.9. The second kappa shape index (κ2) is 5.69. The number of alkyl halides is 1. The number of piperidine rings is 3. The Bertz CT molecular complexity index is 791. The van der Waals surface area contributed by atoms with E-state index in [1.54, 1.807) is 0 Å². The zero-order valence-electron chi connectivity index (χ0n) is 13.4. The Morgan fingerprint density at radius 1 is 1.25 bits per heavy atom. The summed E-state index contributed by atoms with van der Waals surface area (Å²) in [5.74, 6) is 1.82. The van der Waals surface area contributed by atoms with Crippen molar-refractivity contribution < 1.29 is 9.21 Å². The molecule has 0 radical (unpaired) electrons. The fourth-order valence-corrected chi connectivity index (χ4v) is 5.37. The van der Waals surface area contributed by atoms with E-state index < -0.39 is 0 Å². The predicted octanol–water partition coefficient (Wildman–Crippen LogP) is 3.29. The molecular formula is C18H20IN3O2. The second-order valence-electron chi connectivity index (χ2n) is 7.22. The van der Waals surface area contributed by atoms with Crippen LogP contribution < -0.4 is 5.32 Å². The number of hydrogen-bond donors (Lipinski definition) is 1. The lowest BCUT2D eigenvalue weighted by molar-refractivity contribution is 0.0554. The molecule has 2 aromatic rings. The highest BCUT2D eigenvalue weighted by Crippen LogP contribution is 2.41. The van der Waals surface area contributed by atoms with Crippen molar-refractivity contribution in [2.75, 3.05) is 13.1 Å². The number of para-hydroxylation sites is 1. The Hall–Kier alpha value is -1.15. The number of rotatable bonds is 3. The van der Waals surface area contributed by atoms with Crippen molar-refractivity contribution in [2.45, 2.75) is 41.7 Å². The summed E-state index contributed by atoms with van der Waals surface area (Å²) in [6.07, 6.45) is 4.66. The smallest absolute Gasteiger partial charge is 0.253 e. The monoisotopic (exact) mass is 437 g/mol. The number of carbonyl (C=O) groups is 1. The van der Waals surface area contributed by atoms with Gasteiger partial charge in [0.2, 0.25) is 0 Å². The van der Waals surface area contributed by atoms with Gasteiger partial charge in [0.25, 0.3) is 5.91 Å². The molecule has 1 saturated carbocycles. The molecule has 3 aliphatic heterocycles. The minimum Gasteiger partial charge on any atom is -0.440 e. The van der Waals surface area contributed by atoms with Crippen molar-refractivity contribution in [3.8, 4) is 0 Å². The summed E-state index contributed by atoms with van der Waals surface area (Å²) >= 11 is 2.48. The maximum Gasteiger partial charge on any atom is 0.253 e. The molecule has 1 amide bonds. The second-order valence-corrected chi connectivity index (χ2v) is 8.50. The molecule has 4 heterocycles. The van der Waals surface area contributed by atoms with Crippen LogP contribution >= 0.6 is 22.6 Å². The molecule has 1 N–H and O–H groups in total. The van der Waals surface area contributed by atoms with Gasteiger partial charge in [-0.05, 0) is 56.8 Å². The van der Waals surface area contributed by atoms with Crippen LogP contribution in [0.15, 0.2) is 22.6 Å². The van der Waals surface area contributed by atoms with Gasteiger partial charge in [0.15, 0.2) is 11.5 Å². The van der Waals surface area contributed by atoms with Crippen molar-refractivity contribution in [3.05, 3.63) is 29.7 Å². The minimum atomic E-state index is -0.0170. The fourth-order valence-electron chi connectivity index (χ4n) is 4.05. The van der Waals surface area contributed by atoms with Crippen LogP contribution in [-0.2, 0) is 0 Å². The van der Waals surface area contributed by atoms with Gasteiger partial charge in [-0.25, -0.2) is 4.98 Å². The van der Waals surface area contributed by atoms with Gasteiger partial charge in [-0.15, -0.1) is 0 Å². The fraction of sp³-hybridized carbons (Fsp3) is 0.556. The average Bonchev–Trinajstić information content (AvgIpc) is 3.36. The zero-order valence-corrected chi connectivity index (χ0v) is 15.5. The molecule has 2 bridgehead atoms. The van der Waals surface area contributed by atoms with Crippen LogP contribution in [0.5, 0.6) is 0 Å². The van der Waals surface area contributed by atoms with Crippen LogP contribution in [0.2, 0.25) is 0 Å². The number of halogens is 1. The summed E-state index contributed by atoms with van der Waals surface area (Å²) in [4.78, 5) is 20.0. The lowest BCUT2D eigenvalue weighted by Crippen LogP contribution is -2.61. The Labute approximate surface area is 154 Å². The van der Waals surface area contributed by atoms with Gasteiger partial charge in [0.05, 0.1) is 15.7 Å². The highest BCUT2D eigenvalue weighted by molar-refractivity contribution is 14.1. The number of carbonyl (C=O) groups excluding carboxylic acids is 1. The average molecular weight is 437 g/mol. The van der Waals surface area contributed by atoms with Crippen LogP contribution in [-0.4, -0.2) is 39.0 Å². The van der Waals surface area contributed by atoms with Gasteiger partial charge >= 0.3 is 0 Å². The summed E-state index contributed by atoms with van der Waals surface area (Å²) in [6.45, 7) is 2.32. The van der Waals surface area contributed by atoms with E-state index in [1.807, 2.05) is 18.2 Å². The molecule has 4 fully saturated rings. The van der Waals surface area contributed by atoms with Crippen molar-refractivity contribution in [2.24, 2.45) is 5.92 Å². The summed E-state index contributed by atoms with van der Waals surface area (Å²) in [6, 6.07) is 5.88. The molecule has 2 unspecified atom stereocenters. The van der Waals surface area contributed by atoms with Crippen LogP contribution in [0.1, 0.15) is 47.8 Å². The van der Waals surface area contributed by atoms with E-state index in [1.165, 1.54) is 12.8 Å². The highest BCUT2D eigenvalue weighted by atomic mass is 127. The first kappa shape index (κ1) is 15.1. The molecule has 1 aromatic carbocycles. The number of oxazole rings is 1. The number of nitrogens with one attached hydrogen (secondary N) is 1. The lowest BCUT2D eigenvalue weighted by atomic mass is 9.84. The van der Waals surface area contributed by atoms with Crippen LogP contribution in [0, 0.1) is 5.92 Å². The first-order valence-electron chi connectivity index (χ1n) is 8.79. The molecular weight excluding hydrogens is 417 g/mol. The van der Waals surface area contributed by atoms with Gasteiger partial charge < -0.3 is 9.73 Å². The van der Waals surface area contributed by atoms with E-state index in [4.69, 9.17) is 4.42 Å². The summed E-state index contributed by atoms with van der Waals surface area (Å²) in [5.41, 5.74) is 2.08. The SMILES string of the molecule is O=C(NC1C2CCN(CC2)C1I)c1cccc2oc(C3CC3)nc12. The normalized spacial score (nSPS) is 32.2. The summed E-state index contributed by atoms with van der Waals surface area (Å²) in [7, 11) is 0. The molecule has 5 nitrogen and oxygen atoms in total. The van der Waals surface area contributed by atoms with Gasteiger partial charge in [0, 0.05) is 5.92 Å². The minimum absolute atomic E-state index is 0.0170. The van der Waals surface area contributed by atoms with Crippen LogP contribution in [0.25, 0.3) is 11.1 Å². The van der Waals surface area contributed by atoms with Crippen molar-refractivity contribution in [1.29, 1.82) is 0 Å². The van der Waals surface area contributed by atoms with Gasteiger partial charge in [-0.2, -0.15) is 0 Å². The molecule has 6 rings (SSSR count). The third kappa shape index (κ3) is 2.45. The molecule has 1 aromatic heterocycles. The number of aromatic nitrogens is 1. The van der Waals surface area contributed by atoms with Crippen LogP contribution in [0.4, 0.5) is 0 Å². The van der Waals surface area contributed by atoms with Crippen molar-refractivity contribution in [1.82, 2.24) is 15.2 Å². The number of benzene rings is 1. The number of nitrogens with zero attached hydrogens (tertiary/aromatic N) is 2. The number of fused-ring (bicyclic) bond motifs is 4. The molecule has 3 saturated heterocycles.